The Labute approximate surface area is 177 Å². The van der Waals surface area contributed by atoms with Crippen molar-refractivity contribution in [1.29, 1.82) is 0 Å². The third-order valence-electron chi connectivity index (χ3n) is 5.62. The molecular formula is C20H25NO10. The van der Waals surface area contributed by atoms with Crippen LogP contribution in [0.25, 0.3) is 0 Å². The predicted molar refractivity (Wildman–Crippen MR) is 104 cm³/mol. The quantitative estimate of drug-likeness (QED) is 0.321. The average molecular weight is 439 g/mol. The molecule has 0 aromatic heterocycles. The average Bonchev–Trinajstić information content (AvgIpc) is 2.75. The minimum atomic E-state index is -2.27. The van der Waals surface area contributed by atoms with E-state index < -0.39 is 35.5 Å². The highest BCUT2D eigenvalue weighted by molar-refractivity contribution is 6.13. The number of piperidine rings is 1. The number of methoxy groups -OCH3 is 2. The van der Waals surface area contributed by atoms with E-state index in [1.807, 2.05) is 30.1 Å². The summed E-state index contributed by atoms with van der Waals surface area (Å²) in [6, 6.07) is 5.38. The lowest BCUT2D eigenvalue weighted by molar-refractivity contribution is -0.165. The fourth-order valence-corrected chi connectivity index (χ4v) is 3.85. The molecule has 1 fully saturated rings. The molecule has 1 saturated heterocycles. The van der Waals surface area contributed by atoms with Crippen molar-refractivity contribution in [3.8, 4) is 5.75 Å². The summed E-state index contributed by atoms with van der Waals surface area (Å²) in [6.07, 6.45) is -3.45. The zero-order valence-corrected chi connectivity index (χ0v) is 17.3. The van der Waals surface area contributed by atoms with Gasteiger partial charge >= 0.3 is 17.9 Å². The number of Topliss-reactive ketones (excluding diaryl/α,β-unsaturated/α-hetero) is 1. The Morgan fingerprint density at radius 2 is 1.71 bits per heavy atom. The maximum Gasteiger partial charge on any atom is 0.335 e. The topological polar surface area (TPSA) is 171 Å². The fraction of sp³-hybridized carbons (Fsp3) is 0.500. The smallest absolute Gasteiger partial charge is 0.335 e. The predicted octanol–water partition coefficient (Wildman–Crippen LogP) is -1.19. The fourth-order valence-electron chi connectivity index (χ4n) is 3.85. The maximum absolute atomic E-state index is 12.9. The molecule has 1 aromatic carbocycles. The molecule has 0 saturated carbocycles. The first-order valence-electron chi connectivity index (χ1n) is 9.33. The van der Waals surface area contributed by atoms with E-state index in [1.54, 1.807) is 7.11 Å². The number of hydrogen-bond donors (Lipinski definition) is 4. The summed E-state index contributed by atoms with van der Waals surface area (Å²) >= 11 is 0. The number of carboxylic acid groups (broad SMARTS) is 2. The van der Waals surface area contributed by atoms with Crippen molar-refractivity contribution >= 4 is 23.7 Å². The summed E-state index contributed by atoms with van der Waals surface area (Å²) in [5.41, 5.74) is 0.606. The van der Waals surface area contributed by atoms with E-state index in [0.717, 1.165) is 11.1 Å². The van der Waals surface area contributed by atoms with Crippen LogP contribution in [-0.4, -0.2) is 95.1 Å². The van der Waals surface area contributed by atoms with Crippen molar-refractivity contribution in [3.05, 3.63) is 29.3 Å². The molecule has 4 atom stereocenters. The normalized spacial score (nSPS) is 24.0. The van der Waals surface area contributed by atoms with Crippen LogP contribution < -0.4 is 4.74 Å². The first kappa shape index (κ1) is 24.3. The second-order valence-corrected chi connectivity index (χ2v) is 7.30. The van der Waals surface area contributed by atoms with Gasteiger partial charge in [0.25, 0.3) is 0 Å². The molecule has 2 bridgehead atoms. The highest BCUT2D eigenvalue weighted by atomic mass is 16.5. The van der Waals surface area contributed by atoms with Crippen LogP contribution >= 0.6 is 0 Å². The Balaban J connectivity index is 0.000000291. The highest BCUT2D eigenvalue weighted by Crippen LogP contribution is 2.44. The summed E-state index contributed by atoms with van der Waals surface area (Å²) in [5.74, 6) is -3.39. The lowest BCUT2D eigenvalue weighted by atomic mass is 9.63. The second kappa shape index (κ2) is 9.41. The number of carboxylic acids is 2. The van der Waals surface area contributed by atoms with Crippen molar-refractivity contribution in [2.24, 2.45) is 0 Å². The minimum absolute atomic E-state index is 0.0520. The number of esters is 1. The third kappa shape index (κ3) is 4.38. The molecule has 0 radical (unpaired) electrons. The highest BCUT2D eigenvalue weighted by Gasteiger charge is 2.57. The largest absolute Gasteiger partial charge is 0.497 e. The number of fused-ring (bicyclic) bond motifs is 4. The number of ether oxygens (including phenoxy) is 2. The lowest BCUT2D eigenvalue weighted by Gasteiger charge is -2.46. The number of aliphatic hydroxyl groups excluding tert-OH is 2. The molecule has 0 spiro atoms. The Hall–Kier alpha value is -3.02. The molecule has 2 aliphatic rings. The molecule has 170 valence electrons. The van der Waals surface area contributed by atoms with Gasteiger partial charge in [-0.1, -0.05) is 6.07 Å². The van der Waals surface area contributed by atoms with Crippen LogP contribution in [0.3, 0.4) is 0 Å². The van der Waals surface area contributed by atoms with Crippen LogP contribution in [0.4, 0.5) is 0 Å². The molecule has 11 nitrogen and oxygen atoms in total. The monoisotopic (exact) mass is 439 g/mol. The number of aliphatic hydroxyl groups is 2. The number of nitrogens with zero attached hydrogens (tertiary/aromatic N) is 1. The third-order valence-corrected chi connectivity index (χ3v) is 5.62. The van der Waals surface area contributed by atoms with E-state index in [0.29, 0.717) is 25.1 Å². The molecular weight excluding hydrogens is 414 g/mol. The molecule has 1 aromatic rings. The zero-order valence-electron chi connectivity index (χ0n) is 17.3. The van der Waals surface area contributed by atoms with E-state index in [1.165, 1.54) is 7.11 Å². The van der Waals surface area contributed by atoms with Crippen LogP contribution in [0.1, 0.15) is 17.5 Å². The van der Waals surface area contributed by atoms with Gasteiger partial charge in [-0.25, -0.2) is 9.59 Å². The number of aliphatic carboxylic acids is 2. The van der Waals surface area contributed by atoms with Crippen molar-refractivity contribution in [2.75, 3.05) is 27.8 Å². The van der Waals surface area contributed by atoms with Gasteiger partial charge in [0.2, 0.25) is 0 Å². The molecule has 4 unspecified atom stereocenters. The van der Waals surface area contributed by atoms with Crippen LogP contribution in [0.5, 0.6) is 5.75 Å². The summed E-state index contributed by atoms with van der Waals surface area (Å²) in [4.78, 5) is 47.0. The summed E-state index contributed by atoms with van der Waals surface area (Å²) in [5, 5.41) is 32.5. The van der Waals surface area contributed by atoms with Crippen LogP contribution in [0, 0.1) is 0 Å². The van der Waals surface area contributed by atoms with Gasteiger partial charge in [0.05, 0.1) is 20.3 Å². The van der Waals surface area contributed by atoms with E-state index >= 15 is 0 Å². The molecule has 4 N–H and O–H groups in total. The van der Waals surface area contributed by atoms with Crippen LogP contribution in [0.2, 0.25) is 0 Å². The molecule has 3 rings (SSSR count). The molecule has 11 heteroatoms. The van der Waals surface area contributed by atoms with Gasteiger partial charge in [-0.15, -0.1) is 0 Å². The number of benzene rings is 1. The second-order valence-electron chi connectivity index (χ2n) is 7.30. The van der Waals surface area contributed by atoms with Crippen molar-refractivity contribution in [3.63, 3.8) is 0 Å². The van der Waals surface area contributed by atoms with Gasteiger partial charge in [0, 0.05) is 6.54 Å². The standard InChI is InChI=1S/C16H19NO4.C4H6O6/c1-17-7-6-16(15(19)21-3)12-9-11(20-2)5-4-10(12)8-13(17)14(16)18;5-1(3(7)8)2(6)4(9)10/h4-5,9,13H,6-8H2,1-3H3;1-2,5-6H,(H,7,8)(H,9,10). The van der Waals surface area contributed by atoms with Gasteiger partial charge in [-0.2, -0.15) is 0 Å². The van der Waals surface area contributed by atoms with Gasteiger partial charge in [0.15, 0.2) is 23.4 Å². The van der Waals surface area contributed by atoms with Crippen molar-refractivity contribution in [2.45, 2.75) is 36.5 Å². The number of ketones is 1. The number of hydrogen-bond acceptors (Lipinski definition) is 9. The molecule has 1 aliphatic carbocycles. The summed E-state index contributed by atoms with van der Waals surface area (Å²) < 4.78 is 10.2. The van der Waals surface area contributed by atoms with Crippen molar-refractivity contribution < 1.29 is 49.1 Å². The van der Waals surface area contributed by atoms with Crippen molar-refractivity contribution in [1.82, 2.24) is 4.90 Å². The number of carbonyl (C=O) groups excluding carboxylic acids is 2. The number of likely N-dealkylation sites (N-methyl/N-ethyl adjacent to an activating group) is 1. The van der Waals surface area contributed by atoms with E-state index in [-0.39, 0.29) is 11.8 Å². The van der Waals surface area contributed by atoms with Gasteiger partial charge in [0.1, 0.15) is 5.75 Å². The first-order valence-corrected chi connectivity index (χ1v) is 9.33. The van der Waals surface area contributed by atoms with Crippen LogP contribution in [-0.2, 0) is 35.8 Å². The first-order chi connectivity index (χ1) is 14.5. The Bertz CT molecular complexity index is 867. The minimum Gasteiger partial charge on any atom is -0.497 e. The number of rotatable bonds is 5. The van der Waals surface area contributed by atoms with Gasteiger partial charge in [-0.05, 0) is 43.1 Å². The summed E-state index contributed by atoms with van der Waals surface area (Å²) in [7, 11) is 4.85. The maximum atomic E-state index is 12.9. The van der Waals surface area contributed by atoms with Gasteiger partial charge < -0.3 is 29.9 Å². The van der Waals surface area contributed by atoms with E-state index in [2.05, 4.69) is 0 Å². The molecule has 1 aliphatic heterocycles. The summed E-state index contributed by atoms with van der Waals surface area (Å²) in [6.45, 7) is 0.697. The Morgan fingerprint density at radius 3 is 2.19 bits per heavy atom. The van der Waals surface area contributed by atoms with E-state index in [4.69, 9.17) is 29.9 Å². The molecule has 0 amide bonds. The number of likely N-dealkylation sites (tertiary alicyclic amines) is 1. The number of carbonyl (C=O) groups is 4. The molecule has 1 heterocycles. The lowest BCUT2D eigenvalue weighted by Crippen LogP contribution is -2.62. The SMILES string of the molecule is COC(=O)C12CCN(C)C(Cc3ccc(OC)cc31)C2=O.O=C(O)C(O)C(O)C(=O)O. The van der Waals surface area contributed by atoms with Gasteiger partial charge in [-0.3, -0.25) is 14.5 Å². The van der Waals surface area contributed by atoms with Crippen LogP contribution in [0.15, 0.2) is 18.2 Å². The Morgan fingerprint density at radius 1 is 1.13 bits per heavy atom. The Kier molecular flexibility index (Phi) is 7.37. The zero-order chi connectivity index (χ0) is 23.5. The van der Waals surface area contributed by atoms with E-state index in [9.17, 15) is 19.2 Å². The molecule has 31 heavy (non-hydrogen) atoms.